The number of nitrogens with two attached hydrogens (primary N) is 1. The van der Waals surface area contributed by atoms with Gasteiger partial charge in [0.1, 0.15) is 11.6 Å². The zero-order valence-corrected chi connectivity index (χ0v) is 16.0. The smallest absolute Gasteiger partial charge is 0.239 e. The Bertz CT molecular complexity index is 544. The molecule has 0 saturated carbocycles. The molecule has 1 atom stereocenters. The lowest BCUT2D eigenvalue weighted by Gasteiger charge is -2.36. The fourth-order valence-electron chi connectivity index (χ4n) is 2.82. The lowest BCUT2D eigenvalue weighted by atomic mass is 10.1. The van der Waals surface area contributed by atoms with Gasteiger partial charge in [0.05, 0.1) is 6.04 Å². The van der Waals surface area contributed by atoms with E-state index in [2.05, 4.69) is 35.6 Å². The molecule has 136 valence electrons. The molecule has 2 heterocycles. The molecule has 0 aromatic carbocycles. The zero-order valence-electron chi connectivity index (χ0n) is 15.2. The molecule has 1 saturated heterocycles. The molecule has 1 amide bonds. The normalized spacial score (nSPS) is 16.1. The Morgan fingerprint density at radius 3 is 2.42 bits per heavy atom. The van der Waals surface area contributed by atoms with Gasteiger partial charge in [-0.2, -0.15) is 0 Å². The van der Waals surface area contributed by atoms with Crippen molar-refractivity contribution in [2.75, 3.05) is 31.1 Å². The minimum atomic E-state index is -0.361. The van der Waals surface area contributed by atoms with Crippen LogP contribution < -0.4 is 10.6 Å². The number of carbonyl (C=O) groups is 1. The molecule has 0 bridgehead atoms. The maximum atomic E-state index is 12.3. The molecule has 1 unspecified atom stereocenters. The largest absolute Gasteiger partial charge is 0.353 e. The number of halogens is 1. The van der Waals surface area contributed by atoms with Crippen molar-refractivity contribution in [2.45, 2.75) is 52.5 Å². The molecule has 1 aliphatic rings. The van der Waals surface area contributed by atoms with Gasteiger partial charge in [-0.1, -0.05) is 27.2 Å². The van der Waals surface area contributed by atoms with Crippen LogP contribution in [0.2, 0.25) is 0 Å². The summed E-state index contributed by atoms with van der Waals surface area (Å²) in [7, 11) is 0. The highest BCUT2D eigenvalue weighted by molar-refractivity contribution is 5.85. The van der Waals surface area contributed by atoms with E-state index < -0.39 is 0 Å². The second-order valence-electron chi connectivity index (χ2n) is 6.59. The first-order valence-corrected chi connectivity index (χ1v) is 8.57. The van der Waals surface area contributed by atoms with E-state index in [1.807, 2.05) is 17.9 Å². The Kier molecular flexibility index (Phi) is 7.90. The predicted molar refractivity (Wildman–Crippen MR) is 99.8 cm³/mol. The minimum absolute atomic E-state index is 0. The minimum Gasteiger partial charge on any atom is -0.353 e. The number of rotatable bonds is 5. The summed E-state index contributed by atoms with van der Waals surface area (Å²) < 4.78 is 0. The van der Waals surface area contributed by atoms with E-state index in [1.165, 1.54) is 0 Å². The average molecular weight is 356 g/mol. The lowest BCUT2D eigenvalue weighted by molar-refractivity contribution is -0.133. The predicted octanol–water partition coefficient (Wildman–Crippen LogP) is 2.11. The van der Waals surface area contributed by atoms with Crippen LogP contribution in [0.3, 0.4) is 0 Å². The summed E-state index contributed by atoms with van der Waals surface area (Å²) in [5, 5.41) is 0. The highest BCUT2D eigenvalue weighted by Crippen LogP contribution is 2.19. The molecule has 1 aliphatic heterocycles. The van der Waals surface area contributed by atoms with Gasteiger partial charge in [0.15, 0.2) is 0 Å². The second-order valence-corrected chi connectivity index (χ2v) is 6.59. The lowest BCUT2D eigenvalue weighted by Crippen LogP contribution is -2.53. The Balaban J connectivity index is 0.00000288. The molecule has 0 spiro atoms. The number of carbonyl (C=O) groups excluding carboxylic acids is 1. The third-order valence-electron chi connectivity index (χ3n) is 4.21. The molecule has 0 aliphatic carbocycles. The zero-order chi connectivity index (χ0) is 17.0. The Hall–Kier alpha value is -1.40. The van der Waals surface area contributed by atoms with Crippen molar-refractivity contribution in [2.24, 2.45) is 5.73 Å². The summed E-state index contributed by atoms with van der Waals surface area (Å²) in [5.74, 6) is 2.23. The second kappa shape index (κ2) is 9.18. The summed E-state index contributed by atoms with van der Waals surface area (Å²) in [4.78, 5) is 25.6. The third-order valence-corrected chi connectivity index (χ3v) is 4.21. The van der Waals surface area contributed by atoms with E-state index in [1.54, 1.807) is 0 Å². The van der Waals surface area contributed by atoms with Crippen LogP contribution in [-0.2, 0) is 4.79 Å². The van der Waals surface area contributed by atoms with Gasteiger partial charge in [0.2, 0.25) is 5.91 Å². The average Bonchev–Trinajstić information content (AvgIpc) is 2.54. The van der Waals surface area contributed by atoms with E-state index >= 15 is 0 Å². The van der Waals surface area contributed by atoms with Gasteiger partial charge in [-0.3, -0.25) is 4.79 Å². The Labute approximate surface area is 151 Å². The van der Waals surface area contributed by atoms with E-state index in [9.17, 15) is 4.79 Å². The van der Waals surface area contributed by atoms with Crippen molar-refractivity contribution in [3.63, 3.8) is 0 Å². The van der Waals surface area contributed by atoms with Gasteiger partial charge in [-0.15, -0.1) is 12.4 Å². The third kappa shape index (κ3) is 5.05. The number of nitrogens with zero attached hydrogens (tertiary/aromatic N) is 4. The highest BCUT2D eigenvalue weighted by atomic mass is 35.5. The molecule has 2 N–H and O–H groups in total. The number of amides is 1. The van der Waals surface area contributed by atoms with Gasteiger partial charge in [0, 0.05) is 43.9 Å². The van der Waals surface area contributed by atoms with Crippen molar-refractivity contribution in [1.82, 2.24) is 14.9 Å². The van der Waals surface area contributed by atoms with Gasteiger partial charge < -0.3 is 15.5 Å². The first-order chi connectivity index (χ1) is 10.9. The van der Waals surface area contributed by atoms with E-state index in [-0.39, 0.29) is 24.4 Å². The van der Waals surface area contributed by atoms with Crippen LogP contribution in [0, 0.1) is 6.92 Å². The van der Waals surface area contributed by atoms with Gasteiger partial charge >= 0.3 is 0 Å². The molecular weight excluding hydrogens is 326 g/mol. The number of hydrogen-bond acceptors (Lipinski definition) is 5. The summed E-state index contributed by atoms with van der Waals surface area (Å²) >= 11 is 0. The summed E-state index contributed by atoms with van der Waals surface area (Å²) in [6.07, 6.45) is 1.69. The monoisotopic (exact) mass is 355 g/mol. The maximum Gasteiger partial charge on any atom is 0.239 e. The maximum absolute atomic E-state index is 12.3. The molecule has 7 heteroatoms. The molecule has 6 nitrogen and oxygen atoms in total. The van der Waals surface area contributed by atoms with Crippen LogP contribution >= 0.6 is 12.4 Å². The summed E-state index contributed by atoms with van der Waals surface area (Å²) in [6.45, 7) is 11.2. The van der Waals surface area contributed by atoms with Crippen molar-refractivity contribution in [3.05, 3.63) is 17.6 Å². The number of piperazine rings is 1. The van der Waals surface area contributed by atoms with Crippen LogP contribution in [-0.4, -0.2) is 53.0 Å². The van der Waals surface area contributed by atoms with Crippen LogP contribution in [0.25, 0.3) is 0 Å². The fourth-order valence-corrected chi connectivity index (χ4v) is 2.82. The van der Waals surface area contributed by atoms with E-state index in [0.29, 0.717) is 19.0 Å². The number of aromatic nitrogens is 2. The van der Waals surface area contributed by atoms with E-state index in [4.69, 9.17) is 5.73 Å². The van der Waals surface area contributed by atoms with Crippen LogP contribution in [0.5, 0.6) is 0 Å². The van der Waals surface area contributed by atoms with Gasteiger partial charge in [-0.05, 0) is 13.3 Å². The standard InChI is InChI=1S/C17H29N5O.ClH/c1-5-6-14(18)17(23)22-9-7-21(8-10-22)15-11-13(4)19-16(20-15)12(2)3;/h11-12,14H,5-10,18H2,1-4H3;1H. The molecular formula is C17H30ClN5O. The fraction of sp³-hybridized carbons (Fsp3) is 0.706. The number of hydrogen-bond donors (Lipinski definition) is 1. The quantitative estimate of drug-likeness (QED) is 0.875. The SMILES string of the molecule is CCCC(N)C(=O)N1CCN(c2cc(C)nc(C(C)C)n2)CC1.Cl. The molecule has 0 radical (unpaired) electrons. The Morgan fingerprint density at radius 2 is 1.88 bits per heavy atom. The topological polar surface area (TPSA) is 75.4 Å². The molecule has 1 aromatic heterocycles. The van der Waals surface area contributed by atoms with Crippen molar-refractivity contribution < 1.29 is 4.79 Å². The van der Waals surface area contributed by atoms with Gasteiger partial charge in [0.25, 0.3) is 0 Å². The van der Waals surface area contributed by atoms with Crippen LogP contribution in [0.15, 0.2) is 6.07 Å². The van der Waals surface area contributed by atoms with Gasteiger partial charge in [-0.25, -0.2) is 9.97 Å². The van der Waals surface area contributed by atoms with Crippen LogP contribution in [0.4, 0.5) is 5.82 Å². The molecule has 2 rings (SSSR count). The summed E-state index contributed by atoms with van der Waals surface area (Å²) in [6, 6.07) is 1.66. The molecule has 1 fully saturated rings. The number of anilines is 1. The highest BCUT2D eigenvalue weighted by Gasteiger charge is 2.25. The number of aryl methyl sites for hydroxylation is 1. The first kappa shape index (κ1) is 20.6. The first-order valence-electron chi connectivity index (χ1n) is 8.57. The van der Waals surface area contributed by atoms with Crippen molar-refractivity contribution >= 4 is 24.1 Å². The van der Waals surface area contributed by atoms with Crippen molar-refractivity contribution in [1.29, 1.82) is 0 Å². The van der Waals surface area contributed by atoms with Crippen molar-refractivity contribution in [3.8, 4) is 0 Å². The van der Waals surface area contributed by atoms with E-state index in [0.717, 1.165) is 43.3 Å². The molecule has 1 aromatic rings. The molecule has 24 heavy (non-hydrogen) atoms. The Morgan fingerprint density at radius 1 is 1.25 bits per heavy atom. The summed E-state index contributed by atoms with van der Waals surface area (Å²) in [5.41, 5.74) is 6.94. The van der Waals surface area contributed by atoms with Crippen LogP contribution in [0.1, 0.15) is 51.0 Å².